The minimum atomic E-state index is -1.74. The van der Waals surface area contributed by atoms with Gasteiger partial charge in [0.25, 0.3) is 0 Å². The molecule has 1 atom stereocenters. The fourth-order valence-electron chi connectivity index (χ4n) is 1.41. The van der Waals surface area contributed by atoms with Gasteiger partial charge in [-0.05, 0) is 12.0 Å². The van der Waals surface area contributed by atoms with Crippen molar-refractivity contribution in [3.05, 3.63) is 35.9 Å². The summed E-state index contributed by atoms with van der Waals surface area (Å²) in [5, 5.41) is 8.60. The van der Waals surface area contributed by atoms with E-state index in [9.17, 15) is 9.18 Å². The normalized spacial score (nSPS) is 14.7. The molecule has 14 heavy (non-hydrogen) atoms. The van der Waals surface area contributed by atoms with Crippen LogP contribution in [-0.2, 0) is 10.5 Å². The Morgan fingerprint density at radius 1 is 1.43 bits per heavy atom. The van der Waals surface area contributed by atoms with Crippen LogP contribution in [0.5, 0.6) is 0 Å². The van der Waals surface area contributed by atoms with Gasteiger partial charge in [0.1, 0.15) is 5.67 Å². The number of hydrogen-bond acceptors (Lipinski definition) is 1. The molecule has 3 heteroatoms. The van der Waals surface area contributed by atoms with Crippen LogP contribution in [-0.4, -0.2) is 11.1 Å². The Hall–Kier alpha value is -1.38. The maximum atomic E-state index is 14.1. The molecule has 0 spiro atoms. The highest BCUT2D eigenvalue weighted by Gasteiger charge is 2.32. The molecule has 0 aliphatic rings. The van der Waals surface area contributed by atoms with Crippen LogP contribution >= 0.6 is 0 Å². The number of carboxylic acids is 1. The van der Waals surface area contributed by atoms with Crippen LogP contribution in [0.25, 0.3) is 0 Å². The summed E-state index contributed by atoms with van der Waals surface area (Å²) in [6, 6.07) is 8.43. The Kier molecular flexibility index (Phi) is 3.23. The molecule has 0 fully saturated rings. The summed E-state index contributed by atoms with van der Waals surface area (Å²) >= 11 is 0. The van der Waals surface area contributed by atoms with Crippen molar-refractivity contribution >= 4 is 5.97 Å². The minimum absolute atomic E-state index is 0.170. The second-order valence-electron chi connectivity index (χ2n) is 3.26. The molecule has 1 aromatic rings. The van der Waals surface area contributed by atoms with Gasteiger partial charge in [0.15, 0.2) is 0 Å². The fourth-order valence-corrected chi connectivity index (χ4v) is 1.41. The molecule has 0 saturated carbocycles. The molecule has 1 unspecified atom stereocenters. The monoisotopic (exact) mass is 196 g/mol. The Balaban J connectivity index is 2.95. The van der Waals surface area contributed by atoms with Crippen LogP contribution in [0.4, 0.5) is 4.39 Å². The van der Waals surface area contributed by atoms with E-state index in [4.69, 9.17) is 5.11 Å². The average Bonchev–Trinajstić information content (AvgIpc) is 2.18. The number of benzene rings is 1. The lowest BCUT2D eigenvalue weighted by molar-refractivity contribution is -0.140. The molecule has 1 rings (SSSR count). The average molecular weight is 196 g/mol. The molecule has 0 saturated heterocycles. The third-order valence-corrected chi connectivity index (χ3v) is 2.28. The summed E-state index contributed by atoms with van der Waals surface area (Å²) in [6.07, 6.45) is -0.309. The summed E-state index contributed by atoms with van der Waals surface area (Å²) < 4.78 is 14.1. The van der Waals surface area contributed by atoms with Crippen LogP contribution < -0.4 is 0 Å². The van der Waals surface area contributed by atoms with Gasteiger partial charge in [0.2, 0.25) is 0 Å². The summed E-state index contributed by atoms with van der Waals surface area (Å²) in [5.41, 5.74) is -1.31. The summed E-state index contributed by atoms with van der Waals surface area (Å²) in [7, 11) is 0. The third-order valence-electron chi connectivity index (χ3n) is 2.28. The molecular weight excluding hydrogens is 183 g/mol. The van der Waals surface area contributed by atoms with E-state index in [2.05, 4.69) is 0 Å². The second-order valence-corrected chi connectivity index (χ2v) is 3.26. The number of halogens is 1. The van der Waals surface area contributed by atoms with Crippen molar-refractivity contribution in [3.63, 3.8) is 0 Å². The van der Waals surface area contributed by atoms with Crippen molar-refractivity contribution in [1.29, 1.82) is 0 Å². The zero-order valence-corrected chi connectivity index (χ0v) is 8.03. The van der Waals surface area contributed by atoms with Gasteiger partial charge in [0, 0.05) is 0 Å². The number of rotatable bonds is 4. The van der Waals surface area contributed by atoms with E-state index < -0.39 is 18.1 Å². The van der Waals surface area contributed by atoms with E-state index in [1.165, 1.54) is 0 Å². The minimum Gasteiger partial charge on any atom is -0.481 e. The lowest BCUT2D eigenvalue weighted by Crippen LogP contribution is -2.23. The molecule has 1 N–H and O–H groups in total. The standard InChI is InChI=1S/C11H13FO2/c1-2-11(12,8-10(13)14)9-6-4-3-5-7-9/h3-7H,2,8H2,1H3,(H,13,14). The molecule has 1 aromatic carbocycles. The van der Waals surface area contributed by atoms with Gasteiger partial charge in [-0.1, -0.05) is 37.3 Å². The van der Waals surface area contributed by atoms with E-state index in [0.717, 1.165) is 0 Å². The predicted octanol–water partition coefficient (Wildman–Crippen LogP) is 2.74. The van der Waals surface area contributed by atoms with Crippen molar-refractivity contribution in [1.82, 2.24) is 0 Å². The highest BCUT2D eigenvalue weighted by Crippen LogP contribution is 2.32. The SMILES string of the molecule is CCC(F)(CC(=O)O)c1ccccc1. The molecule has 0 aliphatic heterocycles. The maximum Gasteiger partial charge on any atom is 0.306 e. The lowest BCUT2D eigenvalue weighted by atomic mass is 9.90. The lowest BCUT2D eigenvalue weighted by Gasteiger charge is -2.22. The van der Waals surface area contributed by atoms with E-state index in [1.807, 2.05) is 0 Å². The van der Waals surface area contributed by atoms with Gasteiger partial charge in [-0.25, -0.2) is 4.39 Å². The quantitative estimate of drug-likeness (QED) is 0.803. The molecule has 0 amide bonds. The summed E-state index contributed by atoms with van der Waals surface area (Å²) in [6.45, 7) is 1.65. The number of aliphatic carboxylic acids is 1. The summed E-state index contributed by atoms with van der Waals surface area (Å²) in [5.74, 6) is -1.11. The number of alkyl halides is 1. The second kappa shape index (κ2) is 4.22. The van der Waals surface area contributed by atoms with Crippen LogP contribution in [0, 0.1) is 0 Å². The van der Waals surface area contributed by atoms with E-state index in [0.29, 0.717) is 5.56 Å². The number of carbonyl (C=O) groups is 1. The van der Waals surface area contributed by atoms with E-state index in [1.54, 1.807) is 37.3 Å². The zero-order chi connectivity index (χ0) is 10.6. The molecule has 2 nitrogen and oxygen atoms in total. The van der Waals surface area contributed by atoms with Crippen LogP contribution in [0.2, 0.25) is 0 Å². The first kappa shape index (κ1) is 10.7. The van der Waals surface area contributed by atoms with Crippen LogP contribution in [0.1, 0.15) is 25.3 Å². The molecular formula is C11H13FO2. The molecule has 0 aliphatic carbocycles. The first-order chi connectivity index (χ1) is 6.58. The molecule has 76 valence electrons. The fraction of sp³-hybridized carbons (Fsp3) is 0.364. The molecule has 0 radical (unpaired) electrons. The van der Waals surface area contributed by atoms with Gasteiger partial charge < -0.3 is 5.11 Å². The Morgan fingerprint density at radius 2 is 2.00 bits per heavy atom. The van der Waals surface area contributed by atoms with Crippen LogP contribution in [0.3, 0.4) is 0 Å². The molecule has 0 heterocycles. The number of carboxylic acid groups (broad SMARTS) is 1. The smallest absolute Gasteiger partial charge is 0.306 e. The topological polar surface area (TPSA) is 37.3 Å². The summed E-state index contributed by atoms with van der Waals surface area (Å²) in [4.78, 5) is 10.5. The first-order valence-electron chi connectivity index (χ1n) is 4.55. The predicted molar refractivity (Wildman–Crippen MR) is 51.8 cm³/mol. The number of hydrogen-bond donors (Lipinski definition) is 1. The molecule has 0 aromatic heterocycles. The highest BCUT2D eigenvalue weighted by molar-refractivity contribution is 5.68. The first-order valence-corrected chi connectivity index (χ1v) is 4.55. The van der Waals surface area contributed by atoms with Crippen LogP contribution in [0.15, 0.2) is 30.3 Å². The van der Waals surface area contributed by atoms with Gasteiger partial charge in [-0.2, -0.15) is 0 Å². The van der Waals surface area contributed by atoms with Crippen molar-refractivity contribution in [2.24, 2.45) is 0 Å². The Bertz CT molecular complexity index is 310. The van der Waals surface area contributed by atoms with Gasteiger partial charge >= 0.3 is 5.97 Å². The van der Waals surface area contributed by atoms with Gasteiger partial charge in [-0.15, -0.1) is 0 Å². The van der Waals surface area contributed by atoms with Crippen molar-refractivity contribution in [3.8, 4) is 0 Å². The molecule has 0 bridgehead atoms. The third kappa shape index (κ3) is 2.31. The van der Waals surface area contributed by atoms with Gasteiger partial charge in [0.05, 0.1) is 6.42 Å². The van der Waals surface area contributed by atoms with E-state index in [-0.39, 0.29) is 6.42 Å². The van der Waals surface area contributed by atoms with E-state index >= 15 is 0 Å². The van der Waals surface area contributed by atoms with Crippen molar-refractivity contribution in [2.45, 2.75) is 25.4 Å². The Labute approximate surface area is 82.4 Å². The largest absolute Gasteiger partial charge is 0.481 e. The maximum absolute atomic E-state index is 14.1. The Morgan fingerprint density at radius 3 is 2.43 bits per heavy atom. The van der Waals surface area contributed by atoms with Crippen molar-refractivity contribution < 1.29 is 14.3 Å². The highest BCUT2D eigenvalue weighted by atomic mass is 19.1. The zero-order valence-electron chi connectivity index (χ0n) is 8.03. The van der Waals surface area contributed by atoms with Gasteiger partial charge in [-0.3, -0.25) is 4.79 Å². The van der Waals surface area contributed by atoms with Crippen molar-refractivity contribution in [2.75, 3.05) is 0 Å².